The van der Waals surface area contributed by atoms with Gasteiger partial charge in [-0.15, -0.1) is 0 Å². The van der Waals surface area contributed by atoms with E-state index in [0.29, 0.717) is 19.6 Å². The molecule has 0 bridgehead atoms. The lowest BCUT2D eigenvalue weighted by atomic mass is 10.2. The van der Waals surface area contributed by atoms with Crippen molar-refractivity contribution in [3.05, 3.63) is 0 Å². The molecule has 3 heterocycles. The predicted molar refractivity (Wildman–Crippen MR) is 122 cm³/mol. The van der Waals surface area contributed by atoms with Gasteiger partial charge in [0, 0.05) is 19.4 Å². The van der Waals surface area contributed by atoms with E-state index in [2.05, 4.69) is 60.7 Å². The normalized spacial score (nSPS) is 31.2. The standard InChI is InChI=1S/C21H40N2O6Si2/c1-13(2)30(14(3)4)26-12-18-17(28-31(29-30,15(5)6)16(7)8)11-20(27-18)23-10-9-19(24)22-21(23)25/h13-18,20H,9-12H2,1-8H3,(H,22,24,25)/t17-,18+,20+/m0/s1. The minimum Gasteiger partial charge on any atom is -0.414 e. The summed E-state index contributed by atoms with van der Waals surface area (Å²) in [6.07, 6.45) is -0.0313. The molecule has 3 rings (SSSR count). The minimum atomic E-state index is -2.69. The molecule has 178 valence electrons. The van der Waals surface area contributed by atoms with Crippen LogP contribution in [0.5, 0.6) is 0 Å². The number of fused-ring (bicyclic) bond motifs is 1. The van der Waals surface area contributed by atoms with E-state index in [9.17, 15) is 9.59 Å². The smallest absolute Gasteiger partial charge is 0.335 e. The molecule has 3 atom stereocenters. The molecule has 0 saturated carbocycles. The zero-order valence-corrected chi connectivity index (χ0v) is 22.3. The third-order valence-electron chi connectivity index (χ3n) is 6.96. The molecule has 3 saturated heterocycles. The molecule has 0 aromatic rings. The van der Waals surface area contributed by atoms with Crippen LogP contribution in [0.1, 0.15) is 68.2 Å². The molecule has 10 heteroatoms. The van der Waals surface area contributed by atoms with Gasteiger partial charge in [-0.2, -0.15) is 0 Å². The maximum atomic E-state index is 12.4. The molecule has 3 aliphatic rings. The highest BCUT2D eigenvalue weighted by Crippen LogP contribution is 2.47. The second-order valence-electron chi connectivity index (χ2n) is 10.3. The van der Waals surface area contributed by atoms with Crippen molar-refractivity contribution in [2.45, 2.75) is 109 Å². The third-order valence-corrected chi connectivity index (χ3v) is 17.2. The molecule has 8 nitrogen and oxygen atoms in total. The average Bonchev–Trinajstić information content (AvgIpc) is 3.02. The highest BCUT2D eigenvalue weighted by Gasteiger charge is 2.60. The van der Waals surface area contributed by atoms with Crippen molar-refractivity contribution >= 4 is 29.1 Å². The van der Waals surface area contributed by atoms with Crippen LogP contribution in [-0.4, -0.2) is 65.5 Å². The molecule has 0 spiro atoms. The molecule has 0 radical (unpaired) electrons. The molecule has 3 aliphatic heterocycles. The Kier molecular flexibility index (Phi) is 7.39. The second kappa shape index (κ2) is 9.22. The summed E-state index contributed by atoms with van der Waals surface area (Å²) < 4.78 is 27.2. The predicted octanol–water partition coefficient (Wildman–Crippen LogP) is 4.00. The molecule has 0 unspecified atom stereocenters. The Morgan fingerprint density at radius 1 is 0.903 bits per heavy atom. The Labute approximate surface area is 188 Å². The van der Waals surface area contributed by atoms with Gasteiger partial charge >= 0.3 is 23.2 Å². The quantitative estimate of drug-likeness (QED) is 0.609. The Balaban J connectivity index is 1.93. The summed E-state index contributed by atoms with van der Waals surface area (Å²) in [5.41, 5.74) is 1.03. The molecular weight excluding hydrogens is 432 g/mol. The SMILES string of the molecule is CC(C)[Si]1(C(C)C)OC[C@H]2O[C@@H](N3CCC(=O)NC3=O)C[C@@H]2O[Si](C(C)C)(C(C)C)O1. The van der Waals surface area contributed by atoms with Crippen LogP contribution in [-0.2, 0) is 22.5 Å². The number of nitrogens with one attached hydrogen (secondary N) is 1. The van der Waals surface area contributed by atoms with E-state index in [-0.39, 0.29) is 46.7 Å². The molecular formula is C21H40N2O6Si2. The van der Waals surface area contributed by atoms with Gasteiger partial charge in [-0.25, -0.2) is 4.79 Å². The van der Waals surface area contributed by atoms with Gasteiger partial charge in [0.2, 0.25) is 5.91 Å². The first kappa shape index (κ1) is 24.8. The molecule has 0 aliphatic carbocycles. The van der Waals surface area contributed by atoms with Gasteiger partial charge in [-0.1, -0.05) is 55.4 Å². The first-order valence-electron chi connectivity index (χ1n) is 11.7. The lowest BCUT2D eigenvalue weighted by Crippen LogP contribution is -2.65. The number of hydrogen-bond acceptors (Lipinski definition) is 6. The monoisotopic (exact) mass is 472 g/mol. The van der Waals surface area contributed by atoms with Crippen LogP contribution < -0.4 is 5.32 Å². The van der Waals surface area contributed by atoms with E-state index in [1.165, 1.54) is 0 Å². The van der Waals surface area contributed by atoms with Crippen molar-refractivity contribution in [3.63, 3.8) is 0 Å². The number of ether oxygens (including phenoxy) is 1. The maximum absolute atomic E-state index is 12.4. The fourth-order valence-electron chi connectivity index (χ4n) is 5.18. The van der Waals surface area contributed by atoms with Crippen LogP contribution in [0.4, 0.5) is 4.79 Å². The fraction of sp³-hybridized carbons (Fsp3) is 0.905. The van der Waals surface area contributed by atoms with Crippen molar-refractivity contribution in [2.24, 2.45) is 0 Å². The van der Waals surface area contributed by atoms with Gasteiger partial charge < -0.3 is 17.7 Å². The van der Waals surface area contributed by atoms with Crippen molar-refractivity contribution in [1.82, 2.24) is 10.2 Å². The van der Waals surface area contributed by atoms with Gasteiger partial charge in [0.25, 0.3) is 0 Å². The number of amides is 3. The Bertz CT molecular complexity index is 671. The van der Waals surface area contributed by atoms with Crippen LogP contribution >= 0.6 is 0 Å². The molecule has 3 amide bonds. The van der Waals surface area contributed by atoms with Crippen molar-refractivity contribution < 1.29 is 27.3 Å². The first-order valence-corrected chi connectivity index (χ1v) is 15.6. The maximum Gasteiger partial charge on any atom is 0.335 e. The zero-order valence-electron chi connectivity index (χ0n) is 20.3. The summed E-state index contributed by atoms with van der Waals surface area (Å²) >= 11 is 0. The number of carbonyl (C=O) groups is 2. The molecule has 0 aromatic heterocycles. The first-order chi connectivity index (χ1) is 14.4. The zero-order chi connectivity index (χ0) is 23.1. The number of urea groups is 1. The van der Waals surface area contributed by atoms with Crippen LogP contribution in [0.2, 0.25) is 22.2 Å². The highest BCUT2D eigenvalue weighted by atomic mass is 28.5. The van der Waals surface area contributed by atoms with E-state index in [1.807, 2.05) is 0 Å². The fourth-order valence-corrected chi connectivity index (χ4v) is 16.4. The van der Waals surface area contributed by atoms with E-state index in [0.717, 1.165) is 0 Å². The van der Waals surface area contributed by atoms with E-state index < -0.39 is 29.4 Å². The number of carbonyl (C=O) groups excluding carboxylic acids is 2. The van der Waals surface area contributed by atoms with Crippen molar-refractivity contribution in [2.75, 3.05) is 13.2 Å². The number of rotatable bonds is 5. The van der Waals surface area contributed by atoms with Crippen molar-refractivity contribution in [1.29, 1.82) is 0 Å². The summed E-state index contributed by atoms with van der Waals surface area (Å²) in [6.45, 7) is 18.3. The molecule has 3 fully saturated rings. The summed E-state index contributed by atoms with van der Waals surface area (Å²) in [7, 11) is -5.30. The number of imide groups is 1. The van der Waals surface area contributed by atoms with Gasteiger partial charge in [-0.05, 0) is 22.2 Å². The van der Waals surface area contributed by atoms with Crippen LogP contribution in [0.3, 0.4) is 0 Å². The average molecular weight is 473 g/mol. The third kappa shape index (κ3) is 4.52. The molecule has 31 heavy (non-hydrogen) atoms. The van der Waals surface area contributed by atoms with E-state index in [4.69, 9.17) is 17.7 Å². The Morgan fingerprint density at radius 3 is 2.00 bits per heavy atom. The Hall–Kier alpha value is -0.786. The minimum absolute atomic E-state index is 0.196. The largest absolute Gasteiger partial charge is 0.414 e. The summed E-state index contributed by atoms with van der Waals surface area (Å²) in [5, 5.41) is 2.39. The van der Waals surface area contributed by atoms with E-state index >= 15 is 0 Å². The van der Waals surface area contributed by atoms with Gasteiger partial charge in [0.05, 0.1) is 12.7 Å². The lowest BCUT2D eigenvalue weighted by molar-refractivity contribution is -0.124. The molecule has 0 aromatic carbocycles. The summed E-state index contributed by atoms with van der Waals surface area (Å²) in [4.78, 5) is 25.6. The topological polar surface area (TPSA) is 86.3 Å². The van der Waals surface area contributed by atoms with Gasteiger partial charge in [-0.3, -0.25) is 15.0 Å². The summed E-state index contributed by atoms with van der Waals surface area (Å²) in [5.74, 6) is -0.242. The lowest BCUT2D eigenvalue weighted by Gasteiger charge is -2.51. The molecule has 1 N–H and O–H groups in total. The van der Waals surface area contributed by atoms with Crippen LogP contribution in [0.15, 0.2) is 0 Å². The number of hydrogen-bond donors (Lipinski definition) is 1. The van der Waals surface area contributed by atoms with Gasteiger partial charge in [0.15, 0.2) is 0 Å². The van der Waals surface area contributed by atoms with Crippen LogP contribution in [0, 0.1) is 0 Å². The second-order valence-corrected chi connectivity index (χ2v) is 19.1. The summed E-state index contributed by atoms with van der Waals surface area (Å²) in [6, 6.07) is -0.392. The highest BCUT2D eigenvalue weighted by molar-refractivity contribution is 6.83. The number of nitrogens with zero attached hydrogens (tertiary/aromatic N) is 1. The van der Waals surface area contributed by atoms with Crippen LogP contribution in [0.25, 0.3) is 0 Å². The van der Waals surface area contributed by atoms with E-state index in [1.54, 1.807) is 4.90 Å². The van der Waals surface area contributed by atoms with Gasteiger partial charge in [0.1, 0.15) is 12.3 Å². The van der Waals surface area contributed by atoms with Crippen molar-refractivity contribution in [3.8, 4) is 0 Å². The Morgan fingerprint density at radius 2 is 1.48 bits per heavy atom.